The van der Waals surface area contributed by atoms with Crippen molar-refractivity contribution in [3.63, 3.8) is 0 Å². The molecule has 0 aromatic heterocycles. The van der Waals surface area contributed by atoms with Gasteiger partial charge in [0.2, 0.25) is 0 Å². The predicted octanol–water partition coefficient (Wildman–Crippen LogP) is 2.80. The molecule has 0 aromatic rings. The van der Waals surface area contributed by atoms with Crippen molar-refractivity contribution in [1.29, 1.82) is 0 Å². The van der Waals surface area contributed by atoms with Crippen molar-refractivity contribution in [3.8, 4) is 0 Å². The Morgan fingerprint density at radius 3 is 1.39 bits per heavy atom. The first-order valence-corrected chi connectivity index (χ1v) is 6.62. The molecule has 0 spiro atoms. The van der Waals surface area contributed by atoms with E-state index >= 15 is 0 Å². The van der Waals surface area contributed by atoms with Gasteiger partial charge >= 0.3 is 11.9 Å². The summed E-state index contributed by atoms with van der Waals surface area (Å²) in [5.74, 6) is 0.144. The highest BCUT2D eigenvalue weighted by atomic mass is 16.5. The molecule has 18 heavy (non-hydrogen) atoms. The molecule has 0 fully saturated rings. The topological polar surface area (TPSA) is 52.6 Å². The van der Waals surface area contributed by atoms with Crippen molar-refractivity contribution in [3.05, 3.63) is 0 Å². The third kappa shape index (κ3) is 10.1. The molecule has 0 bridgehead atoms. The van der Waals surface area contributed by atoms with E-state index < -0.39 is 0 Å². The summed E-state index contributed by atoms with van der Waals surface area (Å²) in [6.45, 7) is 10.7. The zero-order valence-electron chi connectivity index (χ0n) is 12.2. The first-order valence-electron chi connectivity index (χ1n) is 6.62. The fourth-order valence-electron chi connectivity index (χ4n) is 1.28. The van der Waals surface area contributed by atoms with Crippen LogP contribution in [0.2, 0.25) is 0 Å². The lowest BCUT2D eigenvalue weighted by Gasteiger charge is -2.12. The number of carbonyl (C=O) groups excluding carboxylic acids is 2. The minimum atomic E-state index is -0.243. The van der Waals surface area contributed by atoms with E-state index in [1.165, 1.54) is 0 Å². The zero-order valence-corrected chi connectivity index (χ0v) is 12.2. The highest BCUT2D eigenvalue weighted by Crippen LogP contribution is 2.11. The molecule has 0 saturated heterocycles. The minimum absolute atomic E-state index is 0.0377. The lowest BCUT2D eigenvalue weighted by molar-refractivity contribution is -0.148. The van der Waals surface area contributed by atoms with Gasteiger partial charge in [0.1, 0.15) is 0 Å². The van der Waals surface area contributed by atoms with Gasteiger partial charge < -0.3 is 9.47 Å². The zero-order chi connectivity index (χ0) is 14.1. The van der Waals surface area contributed by atoms with E-state index in [2.05, 4.69) is 0 Å². The molecular formula is C14H26O4. The molecule has 0 rings (SSSR count). The third-order valence-electron chi connectivity index (χ3n) is 2.19. The summed E-state index contributed by atoms with van der Waals surface area (Å²) in [7, 11) is 0. The molecule has 0 saturated carbocycles. The number of hydrogen-bond acceptors (Lipinski definition) is 4. The summed E-state index contributed by atoms with van der Waals surface area (Å²) in [6.07, 6.45) is 0.535. The van der Waals surface area contributed by atoms with Gasteiger partial charge in [-0.3, -0.25) is 9.59 Å². The Morgan fingerprint density at radius 2 is 1.11 bits per heavy atom. The molecule has 4 heteroatoms. The van der Waals surface area contributed by atoms with Crippen molar-refractivity contribution in [2.45, 2.75) is 47.5 Å². The molecule has 0 aliphatic rings. The smallest absolute Gasteiger partial charge is 0.306 e. The van der Waals surface area contributed by atoms with Crippen molar-refractivity contribution in [2.75, 3.05) is 13.2 Å². The van der Waals surface area contributed by atoms with Crippen molar-refractivity contribution in [2.24, 2.45) is 17.8 Å². The Balaban J connectivity index is 3.78. The second kappa shape index (κ2) is 8.95. The van der Waals surface area contributed by atoms with Crippen LogP contribution in [0.15, 0.2) is 0 Å². The second-order valence-corrected chi connectivity index (χ2v) is 5.67. The van der Waals surface area contributed by atoms with E-state index in [-0.39, 0.29) is 30.7 Å². The van der Waals surface area contributed by atoms with E-state index in [4.69, 9.17) is 9.47 Å². The SMILES string of the molecule is CC(C)COC(=O)CC(C)CC(=O)OCC(C)C. The molecule has 0 amide bonds. The summed E-state index contributed by atoms with van der Waals surface area (Å²) < 4.78 is 10.1. The fraction of sp³-hybridized carbons (Fsp3) is 0.857. The van der Waals surface area contributed by atoms with Crippen LogP contribution in [0.1, 0.15) is 47.5 Å². The second-order valence-electron chi connectivity index (χ2n) is 5.67. The number of esters is 2. The lowest BCUT2D eigenvalue weighted by atomic mass is 10.0. The third-order valence-corrected chi connectivity index (χ3v) is 2.19. The molecule has 4 nitrogen and oxygen atoms in total. The van der Waals surface area contributed by atoms with Crippen LogP contribution in [0.4, 0.5) is 0 Å². The summed E-state index contributed by atoms with van der Waals surface area (Å²) in [6, 6.07) is 0. The average molecular weight is 258 g/mol. The molecule has 0 radical (unpaired) electrons. The minimum Gasteiger partial charge on any atom is -0.465 e. The van der Waals surface area contributed by atoms with E-state index in [0.717, 1.165) is 0 Å². The number of carbonyl (C=O) groups is 2. The average Bonchev–Trinajstić information content (AvgIpc) is 2.23. The number of rotatable bonds is 8. The van der Waals surface area contributed by atoms with Crippen LogP contribution < -0.4 is 0 Å². The van der Waals surface area contributed by atoms with Crippen LogP contribution in [-0.4, -0.2) is 25.2 Å². The lowest BCUT2D eigenvalue weighted by Crippen LogP contribution is -2.17. The van der Waals surface area contributed by atoms with Gasteiger partial charge in [-0.15, -0.1) is 0 Å². The predicted molar refractivity (Wildman–Crippen MR) is 70.0 cm³/mol. The van der Waals surface area contributed by atoms with Crippen molar-refractivity contribution < 1.29 is 19.1 Å². The standard InChI is InChI=1S/C14H26O4/c1-10(2)8-17-13(15)6-12(5)7-14(16)18-9-11(3)4/h10-12H,6-9H2,1-5H3. The van der Waals surface area contributed by atoms with E-state index in [0.29, 0.717) is 25.0 Å². The summed E-state index contributed by atoms with van der Waals surface area (Å²) in [5.41, 5.74) is 0. The molecule has 0 aliphatic carbocycles. The quantitative estimate of drug-likeness (QED) is 0.628. The first kappa shape index (κ1) is 16.9. The van der Waals surface area contributed by atoms with Gasteiger partial charge in [-0.25, -0.2) is 0 Å². The Hall–Kier alpha value is -1.06. The van der Waals surface area contributed by atoms with Crippen LogP contribution >= 0.6 is 0 Å². The van der Waals surface area contributed by atoms with E-state index in [9.17, 15) is 9.59 Å². The van der Waals surface area contributed by atoms with Crippen LogP contribution in [-0.2, 0) is 19.1 Å². The Kier molecular flexibility index (Phi) is 8.42. The van der Waals surface area contributed by atoms with E-state index in [1.807, 2.05) is 34.6 Å². The highest BCUT2D eigenvalue weighted by Gasteiger charge is 2.15. The molecule has 0 unspecified atom stereocenters. The molecular weight excluding hydrogens is 232 g/mol. The molecule has 0 N–H and O–H groups in total. The Bertz CT molecular complexity index is 233. The van der Waals surface area contributed by atoms with E-state index in [1.54, 1.807) is 0 Å². The molecule has 0 atom stereocenters. The molecule has 0 aromatic carbocycles. The molecule has 0 aliphatic heterocycles. The maximum absolute atomic E-state index is 11.4. The highest BCUT2D eigenvalue weighted by molar-refractivity contribution is 5.73. The van der Waals surface area contributed by atoms with Gasteiger partial charge in [0, 0.05) is 12.8 Å². The van der Waals surface area contributed by atoms with Gasteiger partial charge in [0.25, 0.3) is 0 Å². The van der Waals surface area contributed by atoms with Gasteiger partial charge in [-0.1, -0.05) is 34.6 Å². The van der Waals surface area contributed by atoms with Crippen LogP contribution in [0.5, 0.6) is 0 Å². The van der Waals surface area contributed by atoms with Crippen LogP contribution in [0, 0.1) is 17.8 Å². The van der Waals surface area contributed by atoms with Crippen LogP contribution in [0.25, 0.3) is 0 Å². The first-order chi connectivity index (χ1) is 8.31. The number of ether oxygens (including phenoxy) is 2. The Morgan fingerprint density at radius 1 is 0.778 bits per heavy atom. The molecule has 106 valence electrons. The summed E-state index contributed by atoms with van der Waals surface area (Å²) in [5, 5.41) is 0. The summed E-state index contributed by atoms with van der Waals surface area (Å²) in [4.78, 5) is 22.9. The van der Waals surface area contributed by atoms with Crippen LogP contribution in [0.3, 0.4) is 0 Å². The fourth-order valence-corrected chi connectivity index (χ4v) is 1.28. The maximum atomic E-state index is 11.4. The monoisotopic (exact) mass is 258 g/mol. The number of hydrogen-bond donors (Lipinski definition) is 0. The summed E-state index contributed by atoms with van der Waals surface area (Å²) >= 11 is 0. The van der Waals surface area contributed by atoms with Gasteiger partial charge in [-0.2, -0.15) is 0 Å². The largest absolute Gasteiger partial charge is 0.465 e. The molecule has 0 heterocycles. The van der Waals surface area contributed by atoms with Crippen molar-refractivity contribution >= 4 is 11.9 Å². The normalized spacial score (nSPS) is 11.1. The van der Waals surface area contributed by atoms with Gasteiger partial charge in [0.05, 0.1) is 13.2 Å². The maximum Gasteiger partial charge on any atom is 0.306 e. The van der Waals surface area contributed by atoms with Crippen molar-refractivity contribution in [1.82, 2.24) is 0 Å². The Labute approximate surface area is 110 Å². The van der Waals surface area contributed by atoms with Gasteiger partial charge in [-0.05, 0) is 17.8 Å². The van der Waals surface area contributed by atoms with Gasteiger partial charge in [0.15, 0.2) is 0 Å².